The molecule has 0 aliphatic carbocycles. The van der Waals surface area contributed by atoms with Crippen LogP contribution in [0, 0.1) is 0 Å². The van der Waals surface area contributed by atoms with E-state index >= 15 is 0 Å². The van der Waals surface area contributed by atoms with Crippen molar-refractivity contribution >= 4 is 23.4 Å². The number of hydrogen-bond donors (Lipinski definition) is 1. The van der Waals surface area contributed by atoms with Crippen LogP contribution in [0.3, 0.4) is 0 Å². The zero-order chi connectivity index (χ0) is 21.2. The van der Waals surface area contributed by atoms with E-state index in [-0.39, 0.29) is 25.0 Å². The molecule has 29 heavy (non-hydrogen) atoms. The van der Waals surface area contributed by atoms with E-state index < -0.39 is 6.04 Å². The van der Waals surface area contributed by atoms with E-state index in [4.69, 9.17) is 21.1 Å². The average Bonchev–Trinajstić information content (AvgIpc) is 2.75. The van der Waals surface area contributed by atoms with Gasteiger partial charge >= 0.3 is 0 Å². The van der Waals surface area contributed by atoms with Gasteiger partial charge < -0.3 is 19.7 Å². The standard InChI is InChI=1S/C22H27ClN2O4/c1-4-13-24-22(27)16(2)25(14-17-9-11-18(28-3)12-10-17)21(26)15-29-20-8-6-5-7-19(20)23/h5-12,16H,4,13-15H2,1-3H3,(H,24,27)/t16-/m1/s1. The molecule has 2 aromatic rings. The fourth-order valence-electron chi connectivity index (χ4n) is 2.69. The van der Waals surface area contributed by atoms with Crippen molar-refractivity contribution in [3.05, 3.63) is 59.1 Å². The smallest absolute Gasteiger partial charge is 0.261 e. The van der Waals surface area contributed by atoms with Crippen LogP contribution >= 0.6 is 11.6 Å². The lowest BCUT2D eigenvalue weighted by Gasteiger charge is -2.28. The molecule has 0 heterocycles. The first kappa shape index (κ1) is 22.6. The Morgan fingerprint density at radius 2 is 1.83 bits per heavy atom. The molecule has 156 valence electrons. The minimum atomic E-state index is -0.647. The van der Waals surface area contributed by atoms with Gasteiger partial charge in [0.15, 0.2) is 6.61 Å². The molecule has 6 nitrogen and oxygen atoms in total. The lowest BCUT2D eigenvalue weighted by atomic mass is 10.1. The van der Waals surface area contributed by atoms with Gasteiger partial charge in [-0.25, -0.2) is 0 Å². The summed E-state index contributed by atoms with van der Waals surface area (Å²) in [5.74, 6) is 0.642. The summed E-state index contributed by atoms with van der Waals surface area (Å²) in [5.41, 5.74) is 0.882. The highest BCUT2D eigenvalue weighted by atomic mass is 35.5. The van der Waals surface area contributed by atoms with Gasteiger partial charge in [0.1, 0.15) is 17.5 Å². The highest BCUT2D eigenvalue weighted by Crippen LogP contribution is 2.23. The molecule has 0 aromatic heterocycles. The predicted molar refractivity (Wildman–Crippen MR) is 113 cm³/mol. The predicted octanol–water partition coefficient (Wildman–Crippen LogP) is 3.67. The minimum Gasteiger partial charge on any atom is -0.497 e. The number of ether oxygens (including phenoxy) is 2. The summed E-state index contributed by atoms with van der Waals surface area (Å²) in [6, 6.07) is 13.7. The third kappa shape index (κ3) is 6.68. The first-order valence-corrected chi connectivity index (χ1v) is 9.91. The second-order valence-corrected chi connectivity index (χ2v) is 6.96. The van der Waals surface area contributed by atoms with E-state index in [2.05, 4.69) is 5.32 Å². The Hall–Kier alpha value is -2.73. The molecule has 0 aliphatic heterocycles. The second kappa shape index (κ2) is 11.3. The van der Waals surface area contributed by atoms with E-state index in [0.717, 1.165) is 17.7 Å². The summed E-state index contributed by atoms with van der Waals surface area (Å²) in [6.07, 6.45) is 0.820. The van der Waals surface area contributed by atoms with E-state index in [1.807, 2.05) is 31.2 Å². The SMILES string of the molecule is CCCNC(=O)[C@@H](C)N(Cc1ccc(OC)cc1)C(=O)COc1ccccc1Cl. The number of carbonyl (C=O) groups is 2. The first-order chi connectivity index (χ1) is 14.0. The van der Waals surface area contributed by atoms with E-state index in [0.29, 0.717) is 17.3 Å². The van der Waals surface area contributed by atoms with Crippen LogP contribution in [0.2, 0.25) is 5.02 Å². The average molecular weight is 419 g/mol. The lowest BCUT2D eigenvalue weighted by molar-refractivity contribution is -0.142. The van der Waals surface area contributed by atoms with Crippen LogP contribution in [0.4, 0.5) is 0 Å². The van der Waals surface area contributed by atoms with Crippen LogP contribution in [0.5, 0.6) is 11.5 Å². The molecule has 0 fully saturated rings. The molecule has 0 spiro atoms. The summed E-state index contributed by atoms with van der Waals surface area (Å²) in [4.78, 5) is 26.9. The minimum absolute atomic E-state index is 0.202. The van der Waals surface area contributed by atoms with Gasteiger partial charge in [-0.3, -0.25) is 9.59 Å². The second-order valence-electron chi connectivity index (χ2n) is 6.56. The van der Waals surface area contributed by atoms with Crippen molar-refractivity contribution in [1.82, 2.24) is 10.2 Å². The van der Waals surface area contributed by atoms with Crippen LogP contribution in [0.25, 0.3) is 0 Å². The lowest BCUT2D eigenvalue weighted by Crippen LogP contribution is -2.49. The largest absolute Gasteiger partial charge is 0.497 e. The Balaban J connectivity index is 2.14. The highest BCUT2D eigenvalue weighted by molar-refractivity contribution is 6.32. The number of hydrogen-bond acceptors (Lipinski definition) is 4. The maximum absolute atomic E-state index is 12.9. The fraction of sp³-hybridized carbons (Fsp3) is 0.364. The van der Waals surface area contributed by atoms with Crippen molar-refractivity contribution in [3.8, 4) is 11.5 Å². The van der Waals surface area contributed by atoms with E-state index in [1.165, 1.54) is 4.90 Å². The number of methoxy groups -OCH3 is 1. The third-order valence-corrected chi connectivity index (χ3v) is 4.73. The van der Waals surface area contributed by atoms with Gasteiger partial charge in [-0.15, -0.1) is 0 Å². The molecule has 1 N–H and O–H groups in total. The van der Waals surface area contributed by atoms with Crippen molar-refractivity contribution in [1.29, 1.82) is 0 Å². The van der Waals surface area contributed by atoms with Gasteiger partial charge in [0.2, 0.25) is 5.91 Å². The van der Waals surface area contributed by atoms with E-state index in [1.54, 1.807) is 38.3 Å². The zero-order valence-corrected chi connectivity index (χ0v) is 17.7. The molecule has 0 saturated heterocycles. The molecule has 1 atom stereocenters. The van der Waals surface area contributed by atoms with Crippen molar-refractivity contribution < 1.29 is 19.1 Å². The molecule has 2 rings (SSSR count). The van der Waals surface area contributed by atoms with Gasteiger partial charge in [0.05, 0.1) is 12.1 Å². The molecule has 2 aromatic carbocycles. The van der Waals surface area contributed by atoms with Gasteiger partial charge in [0.25, 0.3) is 5.91 Å². The third-order valence-electron chi connectivity index (χ3n) is 4.42. The van der Waals surface area contributed by atoms with Gasteiger partial charge in [-0.2, -0.15) is 0 Å². The van der Waals surface area contributed by atoms with Crippen LogP contribution in [0.1, 0.15) is 25.8 Å². The van der Waals surface area contributed by atoms with Gasteiger partial charge in [-0.1, -0.05) is 42.8 Å². The zero-order valence-electron chi connectivity index (χ0n) is 17.0. The monoisotopic (exact) mass is 418 g/mol. The molecule has 2 amide bonds. The van der Waals surface area contributed by atoms with Crippen molar-refractivity contribution in [2.75, 3.05) is 20.3 Å². The van der Waals surface area contributed by atoms with Crippen molar-refractivity contribution in [2.45, 2.75) is 32.9 Å². The van der Waals surface area contributed by atoms with Crippen molar-refractivity contribution in [2.24, 2.45) is 0 Å². The summed E-state index contributed by atoms with van der Waals surface area (Å²) in [5, 5.41) is 3.27. The maximum atomic E-state index is 12.9. The summed E-state index contributed by atoms with van der Waals surface area (Å²) in [6.45, 7) is 4.30. The Morgan fingerprint density at radius 1 is 1.14 bits per heavy atom. The van der Waals surface area contributed by atoms with Crippen LogP contribution in [-0.4, -0.2) is 43.0 Å². The molecular formula is C22H27ClN2O4. The Morgan fingerprint density at radius 3 is 2.45 bits per heavy atom. The van der Waals surface area contributed by atoms with Crippen molar-refractivity contribution in [3.63, 3.8) is 0 Å². The molecule has 0 bridgehead atoms. The number of rotatable bonds is 10. The Bertz CT molecular complexity index is 811. The first-order valence-electron chi connectivity index (χ1n) is 9.53. The topological polar surface area (TPSA) is 67.9 Å². The maximum Gasteiger partial charge on any atom is 0.261 e. The van der Waals surface area contributed by atoms with Crippen LogP contribution in [-0.2, 0) is 16.1 Å². The highest BCUT2D eigenvalue weighted by Gasteiger charge is 2.26. The van der Waals surface area contributed by atoms with Crippen LogP contribution < -0.4 is 14.8 Å². The molecule has 0 aliphatic rings. The molecule has 0 unspecified atom stereocenters. The Kier molecular flexibility index (Phi) is 8.80. The van der Waals surface area contributed by atoms with Crippen LogP contribution in [0.15, 0.2) is 48.5 Å². The van der Waals surface area contributed by atoms with E-state index in [9.17, 15) is 9.59 Å². The number of halogens is 1. The molecule has 0 radical (unpaired) electrons. The fourth-order valence-corrected chi connectivity index (χ4v) is 2.88. The Labute approximate surface area is 176 Å². The molecular weight excluding hydrogens is 392 g/mol. The molecule has 7 heteroatoms. The number of nitrogens with one attached hydrogen (secondary N) is 1. The summed E-state index contributed by atoms with van der Waals surface area (Å²) < 4.78 is 10.8. The van der Waals surface area contributed by atoms with Gasteiger partial charge in [-0.05, 0) is 43.2 Å². The quantitative estimate of drug-likeness (QED) is 0.639. The summed E-state index contributed by atoms with van der Waals surface area (Å²) in [7, 11) is 1.59. The number of para-hydroxylation sites is 1. The number of amides is 2. The number of carbonyl (C=O) groups excluding carboxylic acids is 2. The normalized spacial score (nSPS) is 11.4. The number of nitrogens with zero attached hydrogens (tertiary/aromatic N) is 1. The van der Waals surface area contributed by atoms with Gasteiger partial charge in [0, 0.05) is 13.1 Å². The molecule has 0 saturated carbocycles. The number of benzene rings is 2. The summed E-state index contributed by atoms with van der Waals surface area (Å²) >= 11 is 6.09.